The van der Waals surface area contributed by atoms with Gasteiger partial charge < -0.3 is 14.4 Å². The van der Waals surface area contributed by atoms with Crippen molar-refractivity contribution < 1.29 is 14.4 Å². The monoisotopic (exact) mass is 229 g/mol. The first-order valence-electron chi connectivity index (χ1n) is 5.93. The van der Waals surface area contributed by atoms with E-state index in [-0.39, 0.29) is 6.61 Å². The van der Waals surface area contributed by atoms with Crippen molar-refractivity contribution in [3.63, 3.8) is 0 Å². The molecule has 16 heavy (non-hydrogen) atoms. The van der Waals surface area contributed by atoms with E-state index in [1.165, 1.54) is 6.42 Å². The first-order valence-corrected chi connectivity index (χ1v) is 5.93. The molecule has 0 saturated carbocycles. The van der Waals surface area contributed by atoms with Crippen LogP contribution in [0.5, 0.6) is 0 Å². The Morgan fingerprint density at radius 1 is 1.31 bits per heavy atom. The molecule has 0 aliphatic rings. The predicted molar refractivity (Wildman–Crippen MR) is 63.3 cm³/mol. The minimum Gasteiger partial charge on any atom is -0.396 e. The summed E-state index contributed by atoms with van der Waals surface area (Å²) in [6.07, 6.45) is 5.32. The molecule has 4 nitrogen and oxygen atoms in total. The molecule has 0 aliphatic heterocycles. The lowest BCUT2D eigenvalue weighted by atomic mass is 10.3. The summed E-state index contributed by atoms with van der Waals surface area (Å²) in [6, 6.07) is 1.83. The van der Waals surface area contributed by atoms with Crippen LogP contribution in [0.4, 0.5) is 0 Å². The molecule has 1 heterocycles. The number of unbranched alkanes of at least 4 members (excludes halogenated alkanes) is 1. The normalized spacial score (nSPS) is 9.69. The van der Waals surface area contributed by atoms with Crippen molar-refractivity contribution in [3.8, 4) is 0 Å². The average Bonchev–Trinajstić information content (AvgIpc) is 2.77. The lowest BCUT2D eigenvalue weighted by Gasteiger charge is -2.00. The SMILES string of the molecule is CCC.OCCCCOCCc1ccon1. The Bertz CT molecular complexity index is 212. The molecule has 1 N–H and O–H groups in total. The first kappa shape index (κ1) is 15.1. The number of aromatic nitrogens is 1. The van der Waals surface area contributed by atoms with Gasteiger partial charge in [0.05, 0.1) is 12.3 Å². The molecule has 0 spiro atoms. The van der Waals surface area contributed by atoms with Crippen LogP contribution in [0.15, 0.2) is 16.9 Å². The van der Waals surface area contributed by atoms with Crippen molar-refractivity contribution >= 4 is 0 Å². The fourth-order valence-corrected chi connectivity index (χ4v) is 0.961. The van der Waals surface area contributed by atoms with E-state index in [9.17, 15) is 0 Å². The van der Waals surface area contributed by atoms with Crippen LogP contribution in [0, 0.1) is 0 Å². The quantitative estimate of drug-likeness (QED) is 0.729. The van der Waals surface area contributed by atoms with Crippen molar-refractivity contribution in [2.75, 3.05) is 19.8 Å². The minimum absolute atomic E-state index is 0.243. The Labute approximate surface area is 97.6 Å². The largest absolute Gasteiger partial charge is 0.396 e. The number of aliphatic hydroxyl groups is 1. The van der Waals surface area contributed by atoms with Gasteiger partial charge in [-0.05, 0) is 12.8 Å². The molecular weight excluding hydrogens is 206 g/mol. The third kappa shape index (κ3) is 9.68. The third-order valence-electron chi connectivity index (χ3n) is 1.69. The Hall–Kier alpha value is -0.870. The van der Waals surface area contributed by atoms with E-state index >= 15 is 0 Å². The molecule has 0 unspecified atom stereocenters. The van der Waals surface area contributed by atoms with Gasteiger partial charge in [-0.15, -0.1) is 0 Å². The number of aliphatic hydroxyl groups excluding tert-OH is 1. The number of hydrogen-bond acceptors (Lipinski definition) is 4. The number of hydrogen-bond donors (Lipinski definition) is 1. The smallest absolute Gasteiger partial charge is 0.124 e. The summed E-state index contributed by atoms with van der Waals surface area (Å²) in [5, 5.41) is 12.3. The number of rotatable bonds is 7. The molecule has 1 aromatic heterocycles. The average molecular weight is 229 g/mol. The van der Waals surface area contributed by atoms with E-state index in [1.54, 1.807) is 6.26 Å². The maximum atomic E-state index is 8.50. The molecule has 0 atom stereocenters. The van der Waals surface area contributed by atoms with Crippen LogP contribution in [0.2, 0.25) is 0 Å². The van der Waals surface area contributed by atoms with Crippen LogP contribution in [-0.2, 0) is 11.2 Å². The zero-order chi connectivity index (χ0) is 12.1. The van der Waals surface area contributed by atoms with E-state index < -0.39 is 0 Å². The zero-order valence-electron chi connectivity index (χ0n) is 10.3. The fraction of sp³-hybridized carbons (Fsp3) is 0.750. The molecule has 0 saturated heterocycles. The van der Waals surface area contributed by atoms with Crippen LogP contribution >= 0.6 is 0 Å². The highest BCUT2D eigenvalue weighted by Gasteiger charge is 1.95. The maximum absolute atomic E-state index is 8.50. The fourth-order valence-electron chi connectivity index (χ4n) is 0.961. The summed E-state index contributed by atoms with van der Waals surface area (Å²) in [4.78, 5) is 0. The van der Waals surface area contributed by atoms with Crippen molar-refractivity contribution in [2.45, 2.75) is 39.5 Å². The van der Waals surface area contributed by atoms with E-state index in [2.05, 4.69) is 23.5 Å². The van der Waals surface area contributed by atoms with Crippen LogP contribution in [-0.4, -0.2) is 30.1 Å². The van der Waals surface area contributed by atoms with Gasteiger partial charge in [-0.2, -0.15) is 0 Å². The third-order valence-corrected chi connectivity index (χ3v) is 1.69. The van der Waals surface area contributed by atoms with E-state index in [0.29, 0.717) is 13.2 Å². The molecule has 0 aromatic carbocycles. The van der Waals surface area contributed by atoms with Gasteiger partial charge in [-0.1, -0.05) is 25.4 Å². The van der Waals surface area contributed by atoms with Gasteiger partial charge in [0.1, 0.15) is 6.26 Å². The summed E-state index contributed by atoms with van der Waals surface area (Å²) in [5.74, 6) is 0. The number of ether oxygens (including phenoxy) is 1. The van der Waals surface area contributed by atoms with Crippen molar-refractivity contribution in [3.05, 3.63) is 18.0 Å². The number of nitrogens with zero attached hydrogens (tertiary/aromatic N) is 1. The van der Waals surface area contributed by atoms with Crippen LogP contribution < -0.4 is 0 Å². The van der Waals surface area contributed by atoms with E-state index in [0.717, 1.165) is 25.0 Å². The van der Waals surface area contributed by atoms with Gasteiger partial charge in [-0.3, -0.25) is 0 Å². The summed E-state index contributed by atoms with van der Waals surface area (Å²) >= 11 is 0. The molecule has 4 heteroatoms. The van der Waals surface area contributed by atoms with Gasteiger partial charge in [0.15, 0.2) is 0 Å². The molecule has 1 aromatic rings. The molecule has 0 bridgehead atoms. The second-order valence-corrected chi connectivity index (χ2v) is 3.49. The van der Waals surface area contributed by atoms with Gasteiger partial charge >= 0.3 is 0 Å². The van der Waals surface area contributed by atoms with Crippen LogP contribution in [0.25, 0.3) is 0 Å². The molecule has 1 rings (SSSR count). The first-order chi connectivity index (χ1) is 7.85. The molecule has 0 amide bonds. The van der Waals surface area contributed by atoms with Gasteiger partial charge in [0, 0.05) is 25.7 Å². The van der Waals surface area contributed by atoms with Gasteiger partial charge in [0.2, 0.25) is 0 Å². The van der Waals surface area contributed by atoms with E-state index in [4.69, 9.17) is 9.84 Å². The second kappa shape index (κ2) is 12.2. The summed E-state index contributed by atoms with van der Waals surface area (Å²) in [5.41, 5.74) is 0.919. The Balaban J connectivity index is 0.000000673. The van der Waals surface area contributed by atoms with Crippen LogP contribution in [0.1, 0.15) is 38.8 Å². The lowest BCUT2D eigenvalue weighted by molar-refractivity contribution is 0.127. The summed E-state index contributed by atoms with van der Waals surface area (Å²) < 4.78 is 9.99. The standard InChI is InChI=1S/C9H15NO3.C3H8/c11-5-1-2-6-12-7-3-9-4-8-13-10-9;1-3-2/h4,8,11H,1-3,5-7H2;3H2,1-2H3. The topological polar surface area (TPSA) is 55.5 Å². The molecular formula is C12H23NO3. The van der Waals surface area contributed by atoms with Crippen molar-refractivity contribution in [2.24, 2.45) is 0 Å². The minimum atomic E-state index is 0.243. The molecule has 94 valence electrons. The zero-order valence-corrected chi connectivity index (χ0v) is 10.3. The lowest BCUT2D eigenvalue weighted by Crippen LogP contribution is -2.01. The van der Waals surface area contributed by atoms with Gasteiger partial charge in [-0.25, -0.2) is 0 Å². The highest BCUT2D eigenvalue weighted by molar-refractivity contribution is 4.94. The molecule has 0 aliphatic carbocycles. The molecule has 0 radical (unpaired) electrons. The predicted octanol–water partition coefficient (Wildman–Crippen LogP) is 2.42. The van der Waals surface area contributed by atoms with E-state index in [1.807, 2.05) is 6.07 Å². The van der Waals surface area contributed by atoms with Crippen LogP contribution in [0.3, 0.4) is 0 Å². The maximum Gasteiger partial charge on any atom is 0.124 e. The van der Waals surface area contributed by atoms with Crippen molar-refractivity contribution in [1.29, 1.82) is 0 Å². The van der Waals surface area contributed by atoms with Gasteiger partial charge in [0.25, 0.3) is 0 Å². The Morgan fingerprint density at radius 2 is 2.06 bits per heavy atom. The van der Waals surface area contributed by atoms with Crippen molar-refractivity contribution in [1.82, 2.24) is 5.16 Å². The Morgan fingerprint density at radius 3 is 2.62 bits per heavy atom. The highest BCUT2D eigenvalue weighted by atomic mass is 16.5. The Kier molecular flexibility index (Phi) is 11.5. The highest BCUT2D eigenvalue weighted by Crippen LogP contribution is 1.96. The second-order valence-electron chi connectivity index (χ2n) is 3.49. The summed E-state index contributed by atoms with van der Waals surface area (Å²) in [6.45, 7) is 5.86. The molecule has 0 fully saturated rings. The summed E-state index contributed by atoms with van der Waals surface area (Å²) in [7, 11) is 0.